The molecule has 0 bridgehead atoms. The summed E-state index contributed by atoms with van der Waals surface area (Å²) in [4.78, 5) is 16.2. The van der Waals surface area contributed by atoms with Gasteiger partial charge in [-0.2, -0.15) is 0 Å². The fraction of sp³-hybridized carbons (Fsp3) is 0.500. The predicted molar refractivity (Wildman–Crippen MR) is 70.8 cm³/mol. The van der Waals surface area contributed by atoms with Crippen molar-refractivity contribution in [3.05, 3.63) is 22.9 Å². The minimum Gasteiger partial charge on any atom is -0.324 e. The summed E-state index contributed by atoms with van der Waals surface area (Å²) < 4.78 is 0.676. The van der Waals surface area contributed by atoms with Crippen LogP contribution < -0.4 is 10.6 Å². The van der Waals surface area contributed by atoms with E-state index in [9.17, 15) is 4.79 Å². The van der Waals surface area contributed by atoms with Crippen LogP contribution in [0.1, 0.15) is 19.8 Å². The van der Waals surface area contributed by atoms with Crippen molar-refractivity contribution in [1.29, 1.82) is 0 Å². The summed E-state index contributed by atoms with van der Waals surface area (Å²) in [5, 5.41) is 6.26. The van der Waals surface area contributed by atoms with Gasteiger partial charge in [-0.15, -0.1) is 0 Å². The molecule has 0 spiro atoms. The van der Waals surface area contributed by atoms with Crippen molar-refractivity contribution in [2.24, 2.45) is 5.92 Å². The van der Waals surface area contributed by atoms with Crippen molar-refractivity contribution in [2.75, 3.05) is 11.9 Å². The number of halogens is 1. The maximum Gasteiger partial charge on any atom is 0.227 e. The van der Waals surface area contributed by atoms with Crippen molar-refractivity contribution in [3.8, 4) is 0 Å². The summed E-state index contributed by atoms with van der Waals surface area (Å²) >= 11 is 3.32. The molecule has 0 radical (unpaired) electrons. The van der Waals surface area contributed by atoms with E-state index in [-0.39, 0.29) is 11.8 Å². The Labute approximate surface area is 109 Å². The second kappa shape index (κ2) is 5.60. The number of hydrogen-bond donors (Lipinski definition) is 2. The first kappa shape index (κ1) is 12.5. The van der Waals surface area contributed by atoms with E-state index in [1.165, 1.54) is 0 Å². The molecule has 1 fully saturated rings. The molecule has 2 rings (SSSR count). The quantitative estimate of drug-likeness (QED) is 0.823. The third kappa shape index (κ3) is 3.26. The molecule has 1 aliphatic heterocycles. The summed E-state index contributed by atoms with van der Waals surface area (Å²) in [6, 6.07) is 4.07. The molecule has 0 saturated carbocycles. The van der Waals surface area contributed by atoms with Gasteiger partial charge in [0, 0.05) is 18.2 Å². The molecule has 0 aromatic carbocycles. The van der Waals surface area contributed by atoms with E-state index in [0.717, 1.165) is 25.1 Å². The zero-order valence-electron chi connectivity index (χ0n) is 9.74. The number of amides is 1. The highest BCUT2D eigenvalue weighted by molar-refractivity contribution is 9.10. The number of pyridine rings is 1. The molecule has 1 aromatic heterocycles. The topological polar surface area (TPSA) is 54.0 Å². The molecule has 5 heteroatoms. The van der Waals surface area contributed by atoms with Gasteiger partial charge in [0.15, 0.2) is 0 Å². The molecule has 92 valence electrons. The Bertz CT molecular complexity index is 410. The summed E-state index contributed by atoms with van der Waals surface area (Å²) in [5.74, 6) is 0.186. The fourth-order valence-corrected chi connectivity index (χ4v) is 2.43. The largest absolute Gasteiger partial charge is 0.324 e. The second-order valence-electron chi connectivity index (χ2n) is 4.41. The van der Waals surface area contributed by atoms with Crippen LogP contribution in [-0.4, -0.2) is 23.5 Å². The third-order valence-corrected chi connectivity index (χ3v) is 3.64. The summed E-state index contributed by atoms with van der Waals surface area (Å²) in [5.41, 5.74) is 0.740. The molecule has 1 aliphatic rings. The van der Waals surface area contributed by atoms with Crippen molar-refractivity contribution in [3.63, 3.8) is 0 Å². The van der Waals surface area contributed by atoms with E-state index in [2.05, 4.69) is 38.5 Å². The van der Waals surface area contributed by atoms with Crippen LogP contribution in [-0.2, 0) is 4.79 Å². The Morgan fingerprint density at radius 2 is 2.47 bits per heavy atom. The van der Waals surface area contributed by atoms with Crippen LogP contribution >= 0.6 is 15.9 Å². The van der Waals surface area contributed by atoms with Gasteiger partial charge in [0.1, 0.15) is 4.60 Å². The molecule has 2 N–H and O–H groups in total. The van der Waals surface area contributed by atoms with Gasteiger partial charge in [-0.25, -0.2) is 4.98 Å². The average Bonchev–Trinajstić information content (AvgIpc) is 2.32. The van der Waals surface area contributed by atoms with E-state index in [1.54, 1.807) is 6.20 Å². The highest BCUT2D eigenvalue weighted by Gasteiger charge is 2.24. The minimum absolute atomic E-state index is 0.0899. The van der Waals surface area contributed by atoms with E-state index in [4.69, 9.17) is 0 Å². The number of carbonyl (C=O) groups is 1. The Kier molecular flexibility index (Phi) is 4.12. The lowest BCUT2D eigenvalue weighted by molar-refractivity contribution is -0.120. The maximum atomic E-state index is 12.1. The Hall–Kier alpha value is -0.940. The van der Waals surface area contributed by atoms with E-state index in [0.29, 0.717) is 10.6 Å². The lowest BCUT2D eigenvalue weighted by Crippen LogP contribution is -2.40. The lowest BCUT2D eigenvalue weighted by atomic mass is 9.92. The lowest BCUT2D eigenvalue weighted by Gasteiger charge is -2.27. The van der Waals surface area contributed by atoms with Crippen LogP contribution in [0.15, 0.2) is 22.9 Å². The average molecular weight is 298 g/mol. The highest BCUT2D eigenvalue weighted by atomic mass is 79.9. The normalized spacial score (nSPS) is 24.4. The minimum atomic E-state index is 0.0899. The van der Waals surface area contributed by atoms with Crippen LogP contribution in [0, 0.1) is 5.92 Å². The Morgan fingerprint density at radius 1 is 1.65 bits per heavy atom. The number of anilines is 1. The van der Waals surface area contributed by atoms with Crippen molar-refractivity contribution in [2.45, 2.75) is 25.8 Å². The van der Waals surface area contributed by atoms with Crippen LogP contribution in [0.2, 0.25) is 0 Å². The number of hydrogen-bond acceptors (Lipinski definition) is 3. The molecule has 17 heavy (non-hydrogen) atoms. The van der Waals surface area contributed by atoms with Gasteiger partial charge in [-0.05, 0) is 54.4 Å². The number of aromatic nitrogens is 1. The number of piperidine rings is 1. The summed E-state index contributed by atoms with van der Waals surface area (Å²) in [7, 11) is 0. The van der Waals surface area contributed by atoms with Crippen molar-refractivity contribution in [1.82, 2.24) is 10.3 Å². The first-order valence-corrected chi connectivity index (χ1v) is 6.61. The SMILES string of the molecule is CC1CC(C(=O)Nc2cccnc2Br)CCN1. The molecule has 1 aromatic rings. The molecule has 2 unspecified atom stereocenters. The van der Waals surface area contributed by atoms with Gasteiger partial charge >= 0.3 is 0 Å². The van der Waals surface area contributed by atoms with Gasteiger partial charge in [0.25, 0.3) is 0 Å². The number of rotatable bonds is 2. The number of nitrogens with one attached hydrogen (secondary N) is 2. The molecule has 1 saturated heterocycles. The zero-order chi connectivity index (χ0) is 12.3. The maximum absolute atomic E-state index is 12.1. The first-order valence-electron chi connectivity index (χ1n) is 5.81. The highest BCUT2D eigenvalue weighted by Crippen LogP contribution is 2.22. The van der Waals surface area contributed by atoms with E-state index < -0.39 is 0 Å². The Balaban J connectivity index is 1.99. The van der Waals surface area contributed by atoms with Crippen molar-refractivity contribution >= 4 is 27.5 Å². The molecular formula is C12H16BrN3O. The first-order chi connectivity index (χ1) is 8.16. The van der Waals surface area contributed by atoms with Gasteiger partial charge in [0.05, 0.1) is 5.69 Å². The van der Waals surface area contributed by atoms with Crippen molar-refractivity contribution < 1.29 is 4.79 Å². The number of carbonyl (C=O) groups excluding carboxylic acids is 1. The number of nitrogens with zero attached hydrogens (tertiary/aromatic N) is 1. The van der Waals surface area contributed by atoms with Gasteiger partial charge < -0.3 is 10.6 Å². The molecule has 0 aliphatic carbocycles. The second-order valence-corrected chi connectivity index (χ2v) is 5.16. The molecular weight excluding hydrogens is 282 g/mol. The summed E-state index contributed by atoms with van der Waals surface area (Å²) in [6.45, 7) is 3.02. The smallest absolute Gasteiger partial charge is 0.227 e. The molecule has 4 nitrogen and oxygen atoms in total. The van der Waals surface area contributed by atoms with Gasteiger partial charge in [-0.3, -0.25) is 4.79 Å². The summed E-state index contributed by atoms with van der Waals surface area (Å²) in [6.07, 6.45) is 3.48. The monoisotopic (exact) mass is 297 g/mol. The van der Waals surface area contributed by atoms with Crippen LogP contribution in [0.4, 0.5) is 5.69 Å². The van der Waals surface area contributed by atoms with Crippen LogP contribution in [0.5, 0.6) is 0 Å². The molecule has 2 heterocycles. The van der Waals surface area contributed by atoms with Crippen LogP contribution in [0.25, 0.3) is 0 Å². The van der Waals surface area contributed by atoms with Crippen LogP contribution in [0.3, 0.4) is 0 Å². The fourth-order valence-electron chi connectivity index (χ4n) is 2.08. The third-order valence-electron chi connectivity index (χ3n) is 3.01. The zero-order valence-corrected chi connectivity index (χ0v) is 11.3. The molecule has 2 atom stereocenters. The standard InChI is InChI=1S/C12H16BrN3O/c1-8-7-9(4-6-14-8)12(17)16-10-3-2-5-15-11(10)13/h2-3,5,8-9,14H,4,6-7H2,1H3,(H,16,17). The van der Waals surface area contributed by atoms with E-state index in [1.807, 2.05) is 12.1 Å². The van der Waals surface area contributed by atoms with Gasteiger partial charge in [-0.1, -0.05) is 0 Å². The Morgan fingerprint density at radius 3 is 3.18 bits per heavy atom. The molecule has 1 amide bonds. The van der Waals surface area contributed by atoms with E-state index >= 15 is 0 Å². The predicted octanol–water partition coefficient (Wildman–Crippen LogP) is 2.17. The van der Waals surface area contributed by atoms with Gasteiger partial charge in [0.2, 0.25) is 5.91 Å².